The Balaban J connectivity index is 1.60. The van der Waals surface area contributed by atoms with Gasteiger partial charge in [0, 0.05) is 6.04 Å². The first-order chi connectivity index (χ1) is 9.76. The van der Waals surface area contributed by atoms with Crippen LogP contribution in [0.4, 0.5) is 5.95 Å². The highest BCUT2D eigenvalue weighted by Gasteiger charge is 2.27. The number of hydrogen-bond acceptors (Lipinski definition) is 4. The number of esters is 1. The van der Waals surface area contributed by atoms with E-state index in [1.54, 1.807) is 0 Å². The maximum atomic E-state index is 11.5. The zero-order valence-electron chi connectivity index (χ0n) is 11.6. The number of nitrogens with one attached hydrogen (secondary N) is 2. The zero-order chi connectivity index (χ0) is 13.9. The quantitative estimate of drug-likeness (QED) is 0.844. The third-order valence-corrected chi connectivity index (χ3v) is 3.99. The minimum Gasteiger partial charge on any atom is -0.469 e. The van der Waals surface area contributed by atoms with Crippen LogP contribution in [-0.4, -0.2) is 29.1 Å². The van der Waals surface area contributed by atoms with Crippen molar-refractivity contribution >= 4 is 23.0 Å². The predicted molar refractivity (Wildman–Crippen MR) is 77.5 cm³/mol. The van der Waals surface area contributed by atoms with Gasteiger partial charge < -0.3 is 15.0 Å². The number of hydrogen-bond donors (Lipinski definition) is 2. The molecule has 0 radical (unpaired) electrons. The first-order valence-corrected chi connectivity index (χ1v) is 7.05. The number of H-pyrrole nitrogens is 1. The SMILES string of the molecule is COC(=O)C1CCC(Nc2nc3ccccc3[nH]2)CC1. The number of rotatable bonds is 3. The fourth-order valence-corrected chi connectivity index (χ4v) is 2.85. The second kappa shape index (κ2) is 5.53. The average molecular weight is 273 g/mol. The first kappa shape index (κ1) is 13.0. The highest BCUT2D eigenvalue weighted by molar-refractivity contribution is 5.77. The van der Waals surface area contributed by atoms with Crippen LogP contribution in [0, 0.1) is 5.92 Å². The molecule has 2 aromatic rings. The number of benzene rings is 1. The molecule has 5 heteroatoms. The molecule has 0 saturated heterocycles. The maximum Gasteiger partial charge on any atom is 0.308 e. The summed E-state index contributed by atoms with van der Waals surface area (Å²) in [6, 6.07) is 8.35. The van der Waals surface area contributed by atoms with Crippen LogP contribution in [0.3, 0.4) is 0 Å². The Morgan fingerprint density at radius 2 is 2.05 bits per heavy atom. The second-order valence-electron chi connectivity index (χ2n) is 5.32. The zero-order valence-corrected chi connectivity index (χ0v) is 11.6. The summed E-state index contributed by atoms with van der Waals surface area (Å²) in [5, 5.41) is 3.43. The number of nitrogens with zero attached hydrogens (tertiary/aromatic N) is 1. The van der Waals surface area contributed by atoms with E-state index in [1.165, 1.54) is 7.11 Å². The average Bonchev–Trinajstić information content (AvgIpc) is 2.89. The Bertz CT molecular complexity index is 567. The van der Waals surface area contributed by atoms with Crippen molar-refractivity contribution in [3.8, 4) is 0 Å². The number of anilines is 1. The van der Waals surface area contributed by atoms with Crippen molar-refractivity contribution in [1.82, 2.24) is 9.97 Å². The predicted octanol–water partition coefficient (Wildman–Crippen LogP) is 2.71. The largest absolute Gasteiger partial charge is 0.469 e. The monoisotopic (exact) mass is 273 g/mol. The molecule has 0 amide bonds. The molecule has 1 fully saturated rings. The van der Waals surface area contributed by atoms with Gasteiger partial charge in [0.15, 0.2) is 0 Å². The van der Waals surface area contributed by atoms with E-state index < -0.39 is 0 Å². The number of carbonyl (C=O) groups excluding carboxylic acids is 1. The van der Waals surface area contributed by atoms with Gasteiger partial charge in [0.2, 0.25) is 5.95 Å². The standard InChI is InChI=1S/C15H19N3O2/c1-20-14(19)10-6-8-11(9-7-10)16-15-17-12-4-2-3-5-13(12)18-15/h2-5,10-11H,6-9H2,1H3,(H2,16,17,18). The number of methoxy groups -OCH3 is 1. The highest BCUT2D eigenvalue weighted by atomic mass is 16.5. The van der Waals surface area contributed by atoms with Crippen LogP contribution in [0.25, 0.3) is 11.0 Å². The summed E-state index contributed by atoms with van der Waals surface area (Å²) in [6.07, 6.45) is 3.70. The summed E-state index contributed by atoms with van der Waals surface area (Å²) in [6.45, 7) is 0. The van der Waals surface area contributed by atoms with Gasteiger partial charge in [-0.25, -0.2) is 4.98 Å². The van der Waals surface area contributed by atoms with Gasteiger partial charge in [-0.3, -0.25) is 4.79 Å². The van der Waals surface area contributed by atoms with Crippen molar-refractivity contribution in [1.29, 1.82) is 0 Å². The molecule has 5 nitrogen and oxygen atoms in total. The minimum absolute atomic E-state index is 0.0636. The lowest BCUT2D eigenvalue weighted by Crippen LogP contribution is -2.30. The number of aromatic nitrogens is 2. The van der Waals surface area contributed by atoms with Gasteiger partial charge in [0.1, 0.15) is 0 Å². The molecular weight excluding hydrogens is 254 g/mol. The molecule has 1 heterocycles. The van der Waals surface area contributed by atoms with E-state index >= 15 is 0 Å². The molecule has 106 valence electrons. The number of aromatic amines is 1. The first-order valence-electron chi connectivity index (χ1n) is 7.05. The molecular formula is C15H19N3O2. The van der Waals surface area contributed by atoms with E-state index in [9.17, 15) is 4.79 Å². The van der Waals surface area contributed by atoms with Crippen LogP contribution in [0.1, 0.15) is 25.7 Å². The third-order valence-electron chi connectivity index (χ3n) is 3.99. The smallest absolute Gasteiger partial charge is 0.308 e. The fourth-order valence-electron chi connectivity index (χ4n) is 2.85. The lowest BCUT2D eigenvalue weighted by molar-refractivity contribution is -0.146. The lowest BCUT2D eigenvalue weighted by atomic mass is 9.86. The Hall–Kier alpha value is -2.04. The van der Waals surface area contributed by atoms with Crippen molar-refractivity contribution in [3.05, 3.63) is 24.3 Å². The molecule has 1 aromatic heterocycles. The topological polar surface area (TPSA) is 67.0 Å². The van der Waals surface area contributed by atoms with E-state index in [-0.39, 0.29) is 11.9 Å². The number of imidazole rings is 1. The van der Waals surface area contributed by atoms with Crippen LogP contribution in [0.15, 0.2) is 24.3 Å². The van der Waals surface area contributed by atoms with Gasteiger partial charge in [-0.2, -0.15) is 0 Å². The summed E-state index contributed by atoms with van der Waals surface area (Å²) < 4.78 is 4.81. The lowest BCUT2D eigenvalue weighted by Gasteiger charge is -2.27. The number of ether oxygens (including phenoxy) is 1. The van der Waals surface area contributed by atoms with Crippen LogP contribution in [-0.2, 0) is 9.53 Å². The van der Waals surface area contributed by atoms with Crippen molar-refractivity contribution in [2.24, 2.45) is 5.92 Å². The van der Waals surface area contributed by atoms with Crippen LogP contribution in [0.2, 0.25) is 0 Å². The van der Waals surface area contributed by atoms with Crippen molar-refractivity contribution in [2.75, 3.05) is 12.4 Å². The van der Waals surface area contributed by atoms with Crippen molar-refractivity contribution < 1.29 is 9.53 Å². The normalized spacial score (nSPS) is 22.6. The Morgan fingerprint density at radius 1 is 1.30 bits per heavy atom. The van der Waals surface area contributed by atoms with Gasteiger partial charge in [0.05, 0.1) is 24.1 Å². The second-order valence-corrected chi connectivity index (χ2v) is 5.32. The summed E-state index contributed by atoms with van der Waals surface area (Å²) in [5.74, 6) is 0.800. The third kappa shape index (κ3) is 2.61. The number of carbonyl (C=O) groups is 1. The van der Waals surface area contributed by atoms with E-state index in [0.717, 1.165) is 42.7 Å². The summed E-state index contributed by atoms with van der Waals surface area (Å²) in [5.41, 5.74) is 2.01. The number of para-hydroxylation sites is 2. The van der Waals surface area contributed by atoms with E-state index in [4.69, 9.17) is 4.74 Å². The van der Waals surface area contributed by atoms with Gasteiger partial charge >= 0.3 is 5.97 Å². The maximum absolute atomic E-state index is 11.5. The Morgan fingerprint density at radius 3 is 2.75 bits per heavy atom. The van der Waals surface area contributed by atoms with Crippen LogP contribution in [0.5, 0.6) is 0 Å². The molecule has 1 aliphatic carbocycles. The molecule has 0 unspecified atom stereocenters. The Kier molecular flexibility index (Phi) is 3.58. The van der Waals surface area contributed by atoms with Crippen molar-refractivity contribution in [2.45, 2.75) is 31.7 Å². The van der Waals surface area contributed by atoms with Gasteiger partial charge in [-0.15, -0.1) is 0 Å². The molecule has 2 N–H and O–H groups in total. The van der Waals surface area contributed by atoms with Gasteiger partial charge in [0.25, 0.3) is 0 Å². The molecule has 0 spiro atoms. The van der Waals surface area contributed by atoms with Crippen LogP contribution >= 0.6 is 0 Å². The Labute approximate surface area is 117 Å². The molecule has 0 atom stereocenters. The van der Waals surface area contributed by atoms with Gasteiger partial charge in [-0.1, -0.05) is 12.1 Å². The molecule has 1 saturated carbocycles. The van der Waals surface area contributed by atoms with E-state index in [1.807, 2.05) is 24.3 Å². The molecule has 3 rings (SSSR count). The minimum atomic E-state index is -0.0767. The summed E-state index contributed by atoms with van der Waals surface area (Å²) in [4.78, 5) is 19.3. The van der Waals surface area contributed by atoms with Crippen molar-refractivity contribution in [3.63, 3.8) is 0 Å². The molecule has 20 heavy (non-hydrogen) atoms. The van der Waals surface area contributed by atoms with Gasteiger partial charge in [-0.05, 0) is 37.8 Å². The molecule has 0 aliphatic heterocycles. The van der Waals surface area contributed by atoms with Crippen LogP contribution < -0.4 is 5.32 Å². The van der Waals surface area contributed by atoms with E-state index in [0.29, 0.717) is 6.04 Å². The molecule has 1 aromatic carbocycles. The molecule has 0 bridgehead atoms. The van der Waals surface area contributed by atoms with E-state index in [2.05, 4.69) is 15.3 Å². The fraction of sp³-hybridized carbons (Fsp3) is 0.467. The molecule has 1 aliphatic rings. The summed E-state index contributed by atoms with van der Waals surface area (Å²) in [7, 11) is 1.46. The number of fused-ring (bicyclic) bond motifs is 1. The highest BCUT2D eigenvalue weighted by Crippen LogP contribution is 2.27. The summed E-state index contributed by atoms with van der Waals surface area (Å²) >= 11 is 0.